The van der Waals surface area contributed by atoms with Gasteiger partial charge in [0.05, 0.1) is 0 Å². The number of hydrogen-bond acceptors (Lipinski definition) is 6. The van der Waals surface area contributed by atoms with Crippen LogP contribution in [-0.2, 0) is 14.6 Å². The Labute approximate surface area is 115 Å². The molecule has 0 unspecified atom stereocenters. The second kappa shape index (κ2) is 5.41. The van der Waals surface area contributed by atoms with Crippen LogP contribution < -0.4 is 5.32 Å². The van der Waals surface area contributed by atoms with Gasteiger partial charge < -0.3 is 9.84 Å². The van der Waals surface area contributed by atoms with E-state index in [1.807, 2.05) is 0 Å². The smallest absolute Gasteiger partial charge is 0.244 e. The maximum absolute atomic E-state index is 12.2. The van der Waals surface area contributed by atoms with Gasteiger partial charge in [-0.05, 0) is 26.0 Å². The van der Waals surface area contributed by atoms with Crippen molar-refractivity contribution < 1.29 is 17.7 Å². The van der Waals surface area contributed by atoms with Crippen LogP contribution in [0.3, 0.4) is 0 Å². The molecule has 2 heterocycles. The molecule has 1 atom stereocenters. The van der Waals surface area contributed by atoms with Gasteiger partial charge in [0.25, 0.3) is 0 Å². The molecule has 0 radical (unpaired) electrons. The molecule has 0 saturated heterocycles. The summed E-state index contributed by atoms with van der Waals surface area (Å²) in [5, 5.41) is 4.54. The molecule has 0 aliphatic rings. The van der Waals surface area contributed by atoms with E-state index in [9.17, 15) is 13.2 Å². The Morgan fingerprint density at radius 1 is 1.40 bits per heavy atom. The highest BCUT2D eigenvalue weighted by Gasteiger charge is 2.31. The maximum atomic E-state index is 12.2. The number of hydrogen-bond donors (Lipinski definition) is 1. The van der Waals surface area contributed by atoms with Crippen LogP contribution in [0.1, 0.15) is 12.7 Å². The Morgan fingerprint density at radius 2 is 2.15 bits per heavy atom. The van der Waals surface area contributed by atoms with Crippen LogP contribution in [0.4, 0.5) is 5.82 Å². The zero-order chi connectivity index (χ0) is 14.8. The van der Waals surface area contributed by atoms with Gasteiger partial charge in [0, 0.05) is 12.3 Å². The molecule has 8 heteroatoms. The van der Waals surface area contributed by atoms with Crippen molar-refractivity contribution in [2.45, 2.75) is 24.1 Å². The van der Waals surface area contributed by atoms with Crippen LogP contribution in [0.5, 0.6) is 0 Å². The maximum Gasteiger partial charge on any atom is 0.244 e. The van der Waals surface area contributed by atoms with E-state index in [4.69, 9.17) is 4.52 Å². The third-order valence-corrected chi connectivity index (χ3v) is 4.61. The van der Waals surface area contributed by atoms with Crippen LogP contribution >= 0.6 is 0 Å². The van der Waals surface area contributed by atoms with E-state index < -0.39 is 21.0 Å². The number of pyridine rings is 1. The predicted molar refractivity (Wildman–Crippen MR) is 70.8 cm³/mol. The summed E-state index contributed by atoms with van der Waals surface area (Å²) in [4.78, 5) is 15.7. The summed E-state index contributed by atoms with van der Waals surface area (Å²) in [6.07, 6.45) is 1.36. The fourth-order valence-electron chi connectivity index (χ4n) is 1.49. The van der Waals surface area contributed by atoms with Crippen LogP contribution in [-0.4, -0.2) is 29.7 Å². The van der Waals surface area contributed by atoms with Gasteiger partial charge in [0.2, 0.25) is 15.7 Å². The molecule has 0 fully saturated rings. The van der Waals surface area contributed by atoms with E-state index in [1.165, 1.54) is 25.3 Å². The van der Waals surface area contributed by atoms with E-state index in [-0.39, 0.29) is 10.8 Å². The zero-order valence-corrected chi connectivity index (χ0v) is 11.7. The molecule has 0 saturated carbocycles. The minimum absolute atomic E-state index is 0.140. The highest BCUT2D eigenvalue weighted by molar-refractivity contribution is 7.92. The molecule has 2 aromatic heterocycles. The number of rotatable bonds is 4. The van der Waals surface area contributed by atoms with E-state index in [0.717, 1.165) is 0 Å². The normalized spacial score (nSPS) is 12.9. The third-order valence-electron chi connectivity index (χ3n) is 2.64. The Bertz CT molecular complexity index is 709. The number of carbonyl (C=O) groups is 1. The van der Waals surface area contributed by atoms with Crippen molar-refractivity contribution in [3.63, 3.8) is 0 Å². The minimum Gasteiger partial charge on any atom is -0.360 e. The second-order valence-electron chi connectivity index (χ2n) is 4.17. The van der Waals surface area contributed by atoms with Gasteiger partial charge in [0.1, 0.15) is 11.0 Å². The van der Waals surface area contributed by atoms with Gasteiger partial charge in [-0.15, -0.1) is 0 Å². The predicted octanol–water partition coefficient (Wildman–Crippen LogP) is 1.18. The summed E-state index contributed by atoms with van der Waals surface area (Å²) in [5.41, 5.74) is 0. The molecule has 2 rings (SSSR count). The monoisotopic (exact) mass is 295 g/mol. The summed E-state index contributed by atoms with van der Waals surface area (Å²) in [7, 11) is -3.83. The molecule has 1 amide bonds. The first-order chi connectivity index (χ1) is 9.41. The Kier molecular flexibility index (Phi) is 3.84. The lowest BCUT2D eigenvalue weighted by molar-refractivity contribution is -0.115. The van der Waals surface area contributed by atoms with Gasteiger partial charge in [-0.3, -0.25) is 4.79 Å². The lowest BCUT2D eigenvalue weighted by atomic mass is 10.4. The molecule has 7 nitrogen and oxygen atoms in total. The quantitative estimate of drug-likeness (QED) is 0.908. The van der Waals surface area contributed by atoms with Gasteiger partial charge in [-0.25, -0.2) is 13.4 Å². The number of anilines is 1. The van der Waals surface area contributed by atoms with Crippen molar-refractivity contribution in [2.24, 2.45) is 0 Å². The Morgan fingerprint density at radius 3 is 2.70 bits per heavy atom. The number of aryl methyl sites for hydroxylation is 1. The number of nitrogens with one attached hydrogen (secondary N) is 1. The number of sulfone groups is 1. The molecule has 1 N–H and O–H groups in total. The average molecular weight is 295 g/mol. The lowest BCUT2D eigenvalue weighted by Gasteiger charge is -2.11. The summed E-state index contributed by atoms with van der Waals surface area (Å²) < 4.78 is 29.2. The fraction of sp³-hybridized carbons (Fsp3) is 0.250. The summed E-state index contributed by atoms with van der Waals surface area (Å²) in [6.45, 7) is 2.96. The van der Waals surface area contributed by atoms with Gasteiger partial charge in [-0.2, -0.15) is 0 Å². The molecule has 0 aromatic carbocycles. The molecule has 0 aliphatic heterocycles. The number of aromatic nitrogens is 2. The Hall–Kier alpha value is -2.22. The first kappa shape index (κ1) is 14.2. The largest absolute Gasteiger partial charge is 0.360 e. The van der Waals surface area contributed by atoms with Crippen molar-refractivity contribution in [2.75, 3.05) is 5.32 Å². The third kappa shape index (κ3) is 2.85. The van der Waals surface area contributed by atoms with Crippen molar-refractivity contribution >= 4 is 21.6 Å². The zero-order valence-electron chi connectivity index (χ0n) is 10.9. The van der Waals surface area contributed by atoms with Crippen LogP contribution in [0, 0.1) is 6.92 Å². The number of nitrogens with zero attached hydrogens (tertiary/aromatic N) is 2. The molecule has 106 valence electrons. The lowest BCUT2D eigenvalue weighted by Crippen LogP contribution is -2.33. The van der Waals surface area contributed by atoms with Crippen molar-refractivity contribution in [1.29, 1.82) is 0 Å². The molecule has 0 aliphatic carbocycles. The van der Waals surface area contributed by atoms with Gasteiger partial charge in [-0.1, -0.05) is 11.2 Å². The molecular formula is C12H13N3O4S. The van der Waals surface area contributed by atoms with Crippen molar-refractivity contribution in [3.05, 3.63) is 36.2 Å². The summed E-state index contributed by atoms with van der Waals surface area (Å²) >= 11 is 0. The number of carbonyl (C=O) groups excluding carboxylic acids is 1. The molecule has 0 spiro atoms. The van der Waals surface area contributed by atoms with E-state index in [0.29, 0.717) is 5.76 Å². The average Bonchev–Trinajstić information content (AvgIpc) is 2.84. The topological polar surface area (TPSA) is 102 Å². The van der Waals surface area contributed by atoms with Gasteiger partial charge >= 0.3 is 0 Å². The number of amides is 1. The van der Waals surface area contributed by atoms with E-state index in [1.54, 1.807) is 19.1 Å². The molecule has 2 aromatic rings. The highest BCUT2D eigenvalue weighted by atomic mass is 32.2. The second-order valence-corrected chi connectivity index (χ2v) is 6.38. The Balaban J connectivity index is 2.18. The van der Waals surface area contributed by atoms with Crippen LogP contribution in [0.25, 0.3) is 0 Å². The highest BCUT2D eigenvalue weighted by Crippen LogP contribution is 2.15. The van der Waals surface area contributed by atoms with Crippen molar-refractivity contribution in [3.8, 4) is 0 Å². The van der Waals surface area contributed by atoms with Gasteiger partial charge in [0.15, 0.2) is 10.8 Å². The standard InChI is InChI=1S/C12H13N3O4S/c1-8-7-10(15-19-8)14-12(16)9(2)20(17,18)11-5-3-4-6-13-11/h3-7,9H,1-2H3,(H,14,15,16)/t9-/m0/s1. The molecular weight excluding hydrogens is 282 g/mol. The first-order valence-corrected chi connectivity index (χ1v) is 7.35. The SMILES string of the molecule is Cc1cc(NC(=O)[C@H](C)S(=O)(=O)c2ccccn2)no1. The van der Waals surface area contributed by atoms with Crippen molar-refractivity contribution in [1.82, 2.24) is 10.1 Å². The van der Waals surface area contributed by atoms with Crippen LogP contribution in [0.15, 0.2) is 40.0 Å². The fourth-order valence-corrected chi connectivity index (χ4v) is 2.67. The van der Waals surface area contributed by atoms with E-state index >= 15 is 0 Å². The van der Waals surface area contributed by atoms with Crippen LogP contribution in [0.2, 0.25) is 0 Å². The minimum atomic E-state index is -3.83. The first-order valence-electron chi connectivity index (χ1n) is 5.80. The summed E-state index contributed by atoms with van der Waals surface area (Å²) in [5.74, 6) is 0.0000557. The molecule has 20 heavy (non-hydrogen) atoms. The molecule has 0 bridgehead atoms. The van der Waals surface area contributed by atoms with E-state index in [2.05, 4.69) is 15.5 Å². The summed E-state index contributed by atoms with van der Waals surface area (Å²) in [6, 6.07) is 5.99.